The Balaban J connectivity index is 2.69. The van der Waals surface area contributed by atoms with Gasteiger partial charge in [-0.15, -0.1) is 0 Å². The highest BCUT2D eigenvalue weighted by Crippen LogP contribution is 2.07. The molecule has 5 nitrogen and oxygen atoms in total. The van der Waals surface area contributed by atoms with E-state index in [-0.39, 0.29) is 6.04 Å². The van der Waals surface area contributed by atoms with Crippen molar-refractivity contribution in [2.45, 2.75) is 12.5 Å². The molecule has 0 aliphatic rings. The molecule has 18 heavy (non-hydrogen) atoms. The van der Waals surface area contributed by atoms with E-state index in [4.69, 9.17) is 10.4 Å². The Hall–Kier alpha value is -2.06. The van der Waals surface area contributed by atoms with Gasteiger partial charge in [0.25, 0.3) is 0 Å². The summed E-state index contributed by atoms with van der Waals surface area (Å²) in [5.41, 5.74) is 1.61. The van der Waals surface area contributed by atoms with Crippen LogP contribution in [0, 0.1) is 11.3 Å². The van der Waals surface area contributed by atoms with Crippen LogP contribution >= 0.6 is 0 Å². The van der Waals surface area contributed by atoms with Gasteiger partial charge in [0.2, 0.25) is 0 Å². The molecule has 0 aliphatic heterocycles. The average molecular weight is 247 g/mol. The van der Waals surface area contributed by atoms with Gasteiger partial charge < -0.3 is 15.3 Å². The van der Waals surface area contributed by atoms with E-state index in [2.05, 4.69) is 11.4 Å². The fraction of sp³-hybridized carbons (Fsp3) is 0.385. The minimum Gasteiger partial charge on any atom is -0.465 e. The molecule has 1 aromatic carbocycles. The van der Waals surface area contributed by atoms with Gasteiger partial charge in [-0.05, 0) is 38.2 Å². The van der Waals surface area contributed by atoms with Gasteiger partial charge in [0.05, 0.1) is 11.6 Å². The van der Waals surface area contributed by atoms with Crippen molar-refractivity contribution in [3.63, 3.8) is 0 Å². The number of hydrogen-bond acceptors (Lipinski definition) is 3. The summed E-state index contributed by atoms with van der Waals surface area (Å²) in [4.78, 5) is 12.6. The first-order valence-corrected chi connectivity index (χ1v) is 5.64. The van der Waals surface area contributed by atoms with E-state index in [1.807, 2.05) is 31.1 Å². The summed E-state index contributed by atoms with van der Waals surface area (Å²) in [5, 5.41) is 20.0. The molecular formula is C13H17N3O2. The zero-order valence-electron chi connectivity index (χ0n) is 10.6. The molecule has 1 aromatic rings. The Labute approximate surface area is 107 Å². The lowest BCUT2D eigenvalue weighted by atomic mass is 10.0. The first-order valence-electron chi connectivity index (χ1n) is 5.64. The summed E-state index contributed by atoms with van der Waals surface area (Å²) in [5.74, 6) is 0. The maximum absolute atomic E-state index is 10.7. The second kappa shape index (κ2) is 6.62. The monoisotopic (exact) mass is 247 g/mol. The van der Waals surface area contributed by atoms with Crippen LogP contribution in [0.3, 0.4) is 0 Å². The van der Waals surface area contributed by atoms with Crippen LogP contribution in [-0.4, -0.2) is 42.8 Å². The van der Waals surface area contributed by atoms with E-state index in [1.54, 1.807) is 12.1 Å². The SMILES string of the molecule is CN(C)C[C@@H](Cc1ccc(C#N)cc1)NC(=O)O. The molecule has 1 atom stereocenters. The number of nitrogens with one attached hydrogen (secondary N) is 1. The highest BCUT2D eigenvalue weighted by molar-refractivity contribution is 5.64. The van der Waals surface area contributed by atoms with Gasteiger partial charge in [0, 0.05) is 12.6 Å². The number of rotatable bonds is 5. The van der Waals surface area contributed by atoms with Crippen LogP contribution in [0.15, 0.2) is 24.3 Å². The van der Waals surface area contributed by atoms with Gasteiger partial charge >= 0.3 is 6.09 Å². The molecule has 1 rings (SSSR count). The largest absolute Gasteiger partial charge is 0.465 e. The number of nitriles is 1. The molecule has 0 unspecified atom stereocenters. The molecule has 2 N–H and O–H groups in total. The fourth-order valence-corrected chi connectivity index (χ4v) is 1.78. The topological polar surface area (TPSA) is 76.4 Å². The normalized spacial score (nSPS) is 11.9. The van der Waals surface area contributed by atoms with Gasteiger partial charge in [0.15, 0.2) is 0 Å². The first-order chi connectivity index (χ1) is 8.51. The maximum Gasteiger partial charge on any atom is 0.404 e. The molecule has 0 saturated carbocycles. The molecule has 0 heterocycles. The van der Waals surface area contributed by atoms with Gasteiger partial charge in [-0.2, -0.15) is 5.26 Å². The van der Waals surface area contributed by atoms with Gasteiger partial charge in [-0.3, -0.25) is 0 Å². The molecule has 0 aliphatic carbocycles. The Morgan fingerprint density at radius 3 is 2.50 bits per heavy atom. The van der Waals surface area contributed by atoms with Crippen LogP contribution in [0.1, 0.15) is 11.1 Å². The first kappa shape index (κ1) is 14.0. The molecule has 0 saturated heterocycles. The highest BCUT2D eigenvalue weighted by atomic mass is 16.4. The summed E-state index contributed by atoms with van der Waals surface area (Å²) in [6.45, 7) is 0.631. The maximum atomic E-state index is 10.7. The van der Waals surface area contributed by atoms with Gasteiger partial charge in [-0.25, -0.2) is 4.79 Å². The lowest BCUT2D eigenvalue weighted by Crippen LogP contribution is -2.42. The summed E-state index contributed by atoms with van der Waals surface area (Å²) >= 11 is 0. The second-order valence-corrected chi connectivity index (χ2v) is 4.42. The molecular weight excluding hydrogens is 230 g/mol. The van der Waals surface area contributed by atoms with Crippen LogP contribution in [0.4, 0.5) is 4.79 Å². The van der Waals surface area contributed by atoms with Crippen LogP contribution in [0.2, 0.25) is 0 Å². The smallest absolute Gasteiger partial charge is 0.404 e. The molecule has 96 valence electrons. The number of hydrogen-bond donors (Lipinski definition) is 2. The third-order valence-corrected chi connectivity index (χ3v) is 2.48. The quantitative estimate of drug-likeness (QED) is 0.822. The molecule has 0 bridgehead atoms. The standard InChI is InChI=1S/C13H17N3O2/c1-16(2)9-12(15-13(17)18)7-10-3-5-11(8-14)6-4-10/h3-6,12,15H,7,9H2,1-2H3,(H,17,18)/t12-/m1/s1. The van der Waals surface area contributed by atoms with Crippen molar-refractivity contribution in [1.29, 1.82) is 5.26 Å². The molecule has 5 heteroatoms. The minimum atomic E-state index is -1.02. The van der Waals surface area contributed by atoms with Gasteiger partial charge in [0.1, 0.15) is 0 Å². The lowest BCUT2D eigenvalue weighted by molar-refractivity contribution is 0.186. The van der Waals surface area contributed by atoms with E-state index >= 15 is 0 Å². The Kier molecular flexibility index (Phi) is 5.15. The van der Waals surface area contributed by atoms with Crippen molar-refractivity contribution in [2.75, 3.05) is 20.6 Å². The Morgan fingerprint density at radius 1 is 1.44 bits per heavy atom. The van der Waals surface area contributed by atoms with E-state index in [9.17, 15) is 4.79 Å². The van der Waals surface area contributed by atoms with E-state index in [0.29, 0.717) is 18.5 Å². The number of carboxylic acid groups (broad SMARTS) is 1. The Morgan fingerprint density at radius 2 is 2.06 bits per heavy atom. The van der Waals surface area contributed by atoms with E-state index in [0.717, 1.165) is 5.56 Å². The highest BCUT2D eigenvalue weighted by Gasteiger charge is 2.13. The number of amides is 1. The van der Waals surface area contributed by atoms with E-state index < -0.39 is 6.09 Å². The zero-order chi connectivity index (χ0) is 13.5. The Bertz CT molecular complexity index is 435. The summed E-state index contributed by atoms with van der Waals surface area (Å²) in [7, 11) is 3.80. The lowest BCUT2D eigenvalue weighted by Gasteiger charge is -2.21. The van der Waals surface area contributed by atoms with Crippen molar-refractivity contribution in [3.05, 3.63) is 35.4 Å². The van der Waals surface area contributed by atoms with Crippen molar-refractivity contribution in [2.24, 2.45) is 0 Å². The third kappa shape index (κ3) is 4.85. The van der Waals surface area contributed by atoms with E-state index in [1.165, 1.54) is 0 Å². The predicted octanol–water partition coefficient (Wildman–Crippen LogP) is 1.30. The number of nitrogens with zero attached hydrogens (tertiary/aromatic N) is 2. The van der Waals surface area contributed by atoms with Crippen LogP contribution in [0.5, 0.6) is 0 Å². The summed E-state index contributed by atoms with van der Waals surface area (Å²) in [6.07, 6.45) is -0.411. The average Bonchev–Trinajstić information content (AvgIpc) is 2.28. The van der Waals surface area contributed by atoms with Gasteiger partial charge in [-0.1, -0.05) is 12.1 Å². The van der Waals surface area contributed by atoms with Crippen LogP contribution < -0.4 is 5.32 Å². The molecule has 0 radical (unpaired) electrons. The summed E-state index contributed by atoms with van der Waals surface area (Å²) in [6, 6.07) is 9.07. The van der Waals surface area contributed by atoms with Crippen molar-refractivity contribution >= 4 is 6.09 Å². The minimum absolute atomic E-state index is 0.162. The third-order valence-electron chi connectivity index (χ3n) is 2.48. The fourth-order valence-electron chi connectivity index (χ4n) is 1.78. The number of carbonyl (C=O) groups is 1. The van der Waals surface area contributed by atoms with Crippen molar-refractivity contribution < 1.29 is 9.90 Å². The molecule has 0 aromatic heterocycles. The number of likely N-dealkylation sites (N-methyl/N-ethyl adjacent to an activating group) is 1. The molecule has 0 spiro atoms. The molecule has 0 fully saturated rings. The van der Waals surface area contributed by atoms with Crippen LogP contribution in [0.25, 0.3) is 0 Å². The van der Waals surface area contributed by atoms with Crippen molar-refractivity contribution in [3.8, 4) is 6.07 Å². The summed E-state index contributed by atoms with van der Waals surface area (Å²) < 4.78 is 0. The zero-order valence-corrected chi connectivity index (χ0v) is 10.6. The number of benzene rings is 1. The second-order valence-electron chi connectivity index (χ2n) is 4.42. The van der Waals surface area contributed by atoms with Crippen molar-refractivity contribution in [1.82, 2.24) is 10.2 Å². The van der Waals surface area contributed by atoms with Crippen LogP contribution in [-0.2, 0) is 6.42 Å². The molecule has 1 amide bonds. The predicted molar refractivity (Wildman–Crippen MR) is 68.4 cm³/mol.